The predicted molar refractivity (Wildman–Crippen MR) is 76.9 cm³/mol. The topological polar surface area (TPSA) is 54.7 Å². The number of hydrogen-bond donors (Lipinski definition) is 1. The van der Waals surface area contributed by atoms with Crippen molar-refractivity contribution in [3.05, 3.63) is 60.3 Å². The maximum atomic E-state index is 14.0. The Morgan fingerprint density at radius 1 is 1.00 bits per heavy atom. The highest BCUT2D eigenvalue weighted by Crippen LogP contribution is 2.37. The van der Waals surface area contributed by atoms with Gasteiger partial charge in [-0.3, -0.25) is 0 Å². The Morgan fingerprint density at radius 3 is 2.74 bits per heavy atom. The fraction of sp³-hybridized carbons (Fsp3) is 0. The van der Waals surface area contributed by atoms with E-state index < -0.39 is 17.5 Å². The average Bonchev–Trinajstić information content (AvgIpc) is 3.15. The van der Waals surface area contributed by atoms with Gasteiger partial charge in [-0.25, -0.2) is 18.2 Å². The Bertz CT molecular complexity index is 1020. The number of rotatable bonds is 2. The molecule has 3 aromatic heterocycles. The smallest absolute Gasteiger partial charge is 0.176 e. The Balaban J connectivity index is 1.96. The third kappa shape index (κ3) is 2.09. The van der Waals surface area contributed by atoms with Crippen LogP contribution in [0, 0.1) is 17.5 Å². The van der Waals surface area contributed by atoms with Crippen molar-refractivity contribution in [1.29, 1.82) is 0 Å². The Kier molecular flexibility index (Phi) is 2.94. The summed E-state index contributed by atoms with van der Waals surface area (Å²) in [7, 11) is 0. The third-order valence-electron chi connectivity index (χ3n) is 3.55. The fourth-order valence-electron chi connectivity index (χ4n) is 2.50. The highest BCUT2D eigenvalue weighted by atomic mass is 19.2. The van der Waals surface area contributed by atoms with Crippen molar-refractivity contribution in [3.8, 4) is 22.5 Å². The number of pyridine rings is 1. The first kappa shape index (κ1) is 13.6. The minimum atomic E-state index is -0.999. The minimum Gasteiger partial charge on any atom is -0.356 e. The number of nitrogens with one attached hydrogen (secondary N) is 1. The summed E-state index contributed by atoms with van der Waals surface area (Å²) in [6.45, 7) is 0. The number of nitrogens with zero attached hydrogens (tertiary/aromatic N) is 2. The molecule has 0 aliphatic rings. The largest absolute Gasteiger partial charge is 0.356 e. The van der Waals surface area contributed by atoms with E-state index in [1.54, 1.807) is 6.20 Å². The van der Waals surface area contributed by atoms with E-state index in [0.29, 0.717) is 16.6 Å². The first-order valence-electron chi connectivity index (χ1n) is 6.67. The van der Waals surface area contributed by atoms with Crippen LogP contribution in [0.3, 0.4) is 0 Å². The van der Waals surface area contributed by atoms with Crippen LogP contribution in [0.15, 0.2) is 47.4 Å². The molecule has 4 rings (SSSR count). The molecular formula is C16H8F3N3O. The quantitative estimate of drug-likeness (QED) is 0.600. The lowest BCUT2D eigenvalue weighted by atomic mass is 10.0. The van der Waals surface area contributed by atoms with E-state index in [1.165, 1.54) is 24.4 Å². The highest BCUT2D eigenvalue weighted by molar-refractivity contribution is 5.96. The Labute approximate surface area is 127 Å². The van der Waals surface area contributed by atoms with Crippen molar-refractivity contribution in [3.63, 3.8) is 0 Å². The number of H-pyrrole nitrogens is 1. The van der Waals surface area contributed by atoms with Crippen LogP contribution in [0.1, 0.15) is 0 Å². The molecule has 0 radical (unpaired) electrons. The van der Waals surface area contributed by atoms with E-state index >= 15 is 0 Å². The molecule has 0 bridgehead atoms. The Hall–Kier alpha value is -3.09. The summed E-state index contributed by atoms with van der Waals surface area (Å²) in [5.41, 5.74) is 1.19. The van der Waals surface area contributed by atoms with Crippen molar-refractivity contribution < 1.29 is 17.7 Å². The number of aromatic amines is 1. The van der Waals surface area contributed by atoms with Crippen LogP contribution in [-0.2, 0) is 0 Å². The summed E-state index contributed by atoms with van der Waals surface area (Å²) in [6, 6.07) is 5.11. The van der Waals surface area contributed by atoms with Gasteiger partial charge < -0.3 is 9.51 Å². The SMILES string of the molecule is Fc1cnc2[nH]cc(-c3oncc3-c3cccc(F)c3F)c2c1. The van der Waals surface area contributed by atoms with Crippen LogP contribution >= 0.6 is 0 Å². The fourth-order valence-corrected chi connectivity index (χ4v) is 2.50. The van der Waals surface area contributed by atoms with Gasteiger partial charge in [-0.15, -0.1) is 0 Å². The molecule has 4 aromatic rings. The summed E-state index contributed by atoms with van der Waals surface area (Å²) >= 11 is 0. The van der Waals surface area contributed by atoms with E-state index in [9.17, 15) is 13.2 Å². The van der Waals surface area contributed by atoms with E-state index in [0.717, 1.165) is 12.3 Å². The summed E-state index contributed by atoms with van der Waals surface area (Å²) in [4.78, 5) is 6.79. The third-order valence-corrected chi connectivity index (χ3v) is 3.55. The molecule has 0 spiro atoms. The molecule has 0 aliphatic heterocycles. The lowest BCUT2D eigenvalue weighted by Gasteiger charge is -2.03. The van der Waals surface area contributed by atoms with Crippen LogP contribution in [0.4, 0.5) is 13.2 Å². The van der Waals surface area contributed by atoms with Crippen LogP contribution in [0.5, 0.6) is 0 Å². The van der Waals surface area contributed by atoms with Crippen LogP contribution in [0.2, 0.25) is 0 Å². The second-order valence-corrected chi connectivity index (χ2v) is 4.92. The second-order valence-electron chi connectivity index (χ2n) is 4.92. The molecule has 4 nitrogen and oxygen atoms in total. The molecule has 23 heavy (non-hydrogen) atoms. The average molecular weight is 315 g/mol. The van der Waals surface area contributed by atoms with Gasteiger partial charge in [-0.1, -0.05) is 17.3 Å². The first-order chi connectivity index (χ1) is 11.1. The number of hydrogen-bond acceptors (Lipinski definition) is 3. The number of aromatic nitrogens is 3. The minimum absolute atomic E-state index is 0.0139. The van der Waals surface area contributed by atoms with Crippen LogP contribution in [-0.4, -0.2) is 15.1 Å². The standard InChI is InChI=1S/C16H8F3N3O/c17-8-4-10-11(6-21-16(10)20-5-8)15-12(7-22-23-15)9-2-1-3-13(18)14(9)19/h1-7H,(H,20,21). The first-order valence-corrected chi connectivity index (χ1v) is 6.67. The summed E-state index contributed by atoms with van der Waals surface area (Å²) < 4.78 is 46.1. The molecule has 0 saturated carbocycles. The van der Waals surface area contributed by atoms with Crippen LogP contribution < -0.4 is 0 Å². The van der Waals surface area contributed by atoms with Gasteiger partial charge in [-0.2, -0.15) is 0 Å². The van der Waals surface area contributed by atoms with Gasteiger partial charge in [0.1, 0.15) is 11.5 Å². The lowest BCUT2D eigenvalue weighted by molar-refractivity contribution is 0.432. The van der Waals surface area contributed by atoms with E-state index in [4.69, 9.17) is 4.52 Å². The van der Waals surface area contributed by atoms with Crippen molar-refractivity contribution in [2.75, 3.05) is 0 Å². The summed E-state index contributed by atoms with van der Waals surface area (Å²) in [5.74, 6) is -2.29. The number of fused-ring (bicyclic) bond motifs is 1. The van der Waals surface area contributed by atoms with Gasteiger partial charge in [0.05, 0.1) is 18.0 Å². The molecule has 1 aromatic carbocycles. The molecule has 7 heteroatoms. The molecule has 3 heterocycles. The monoisotopic (exact) mass is 315 g/mol. The van der Waals surface area contributed by atoms with Crippen molar-refractivity contribution in [2.45, 2.75) is 0 Å². The van der Waals surface area contributed by atoms with Crippen molar-refractivity contribution in [2.24, 2.45) is 0 Å². The van der Waals surface area contributed by atoms with Gasteiger partial charge in [0.25, 0.3) is 0 Å². The molecule has 114 valence electrons. The van der Waals surface area contributed by atoms with E-state index in [1.807, 2.05) is 0 Å². The van der Waals surface area contributed by atoms with Crippen LogP contribution in [0.25, 0.3) is 33.5 Å². The maximum absolute atomic E-state index is 14.0. The highest BCUT2D eigenvalue weighted by Gasteiger charge is 2.20. The van der Waals surface area contributed by atoms with Crippen molar-refractivity contribution >= 4 is 11.0 Å². The van der Waals surface area contributed by atoms with Gasteiger partial charge in [0.15, 0.2) is 17.4 Å². The molecule has 1 N–H and O–H groups in total. The maximum Gasteiger partial charge on any atom is 0.176 e. The molecule has 0 amide bonds. The summed E-state index contributed by atoms with van der Waals surface area (Å²) in [6.07, 6.45) is 3.92. The predicted octanol–water partition coefficient (Wildman–Crippen LogP) is 4.30. The zero-order valence-corrected chi connectivity index (χ0v) is 11.5. The second kappa shape index (κ2) is 4.98. The summed E-state index contributed by atoms with van der Waals surface area (Å²) in [5, 5.41) is 4.12. The molecule has 0 aliphatic carbocycles. The Morgan fingerprint density at radius 2 is 1.87 bits per heavy atom. The molecule has 0 fully saturated rings. The molecule has 0 atom stereocenters. The van der Waals surface area contributed by atoms with Crippen molar-refractivity contribution in [1.82, 2.24) is 15.1 Å². The molecule has 0 unspecified atom stereocenters. The van der Waals surface area contributed by atoms with Gasteiger partial charge in [0, 0.05) is 22.7 Å². The number of halogens is 3. The van der Waals surface area contributed by atoms with Gasteiger partial charge >= 0.3 is 0 Å². The molecule has 0 saturated heterocycles. The number of benzene rings is 1. The zero-order chi connectivity index (χ0) is 16.0. The van der Waals surface area contributed by atoms with Gasteiger partial charge in [-0.05, 0) is 12.1 Å². The van der Waals surface area contributed by atoms with E-state index in [-0.39, 0.29) is 16.9 Å². The van der Waals surface area contributed by atoms with E-state index in [2.05, 4.69) is 15.1 Å². The lowest BCUT2D eigenvalue weighted by Crippen LogP contribution is -1.89. The van der Waals surface area contributed by atoms with Gasteiger partial charge in [0.2, 0.25) is 0 Å². The molecular weight excluding hydrogens is 307 g/mol. The normalized spacial score (nSPS) is 11.3. The zero-order valence-electron chi connectivity index (χ0n) is 11.5.